The number of hydrogen-bond acceptors (Lipinski definition) is 3. The van der Waals surface area contributed by atoms with Crippen molar-refractivity contribution in [2.24, 2.45) is 5.92 Å². The average Bonchev–Trinajstić information content (AvgIpc) is 3.04. The Morgan fingerprint density at radius 2 is 2.36 bits per heavy atom. The Labute approximate surface area is 136 Å². The van der Waals surface area contributed by atoms with Crippen molar-refractivity contribution >= 4 is 29.2 Å². The second-order valence-corrected chi connectivity index (χ2v) is 6.52. The standard InChI is InChI=1S/C17H24N2O2S/c1-2-4-16(20)18-11-15-5-3-9-19(12-15)17(21)7-6-14-8-10-22-13-14/h6-8,10,13,15H,2-5,9,11-12H2,1H3,(H,18,20)/b7-6-/t15-/m1/s1. The highest BCUT2D eigenvalue weighted by molar-refractivity contribution is 7.08. The highest BCUT2D eigenvalue weighted by Gasteiger charge is 2.22. The van der Waals surface area contributed by atoms with Gasteiger partial charge in [-0.25, -0.2) is 0 Å². The summed E-state index contributed by atoms with van der Waals surface area (Å²) in [4.78, 5) is 25.7. The van der Waals surface area contributed by atoms with E-state index in [1.165, 1.54) is 0 Å². The van der Waals surface area contributed by atoms with E-state index >= 15 is 0 Å². The Hall–Kier alpha value is -1.62. The molecule has 1 atom stereocenters. The molecule has 0 radical (unpaired) electrons. The van der Waals surface area contributed by atoms with Gasteiger partial charge in [-0.15, -0.1) is 0 Å². The lowest BCUT2D eigenvalue weighted by atomic mass is 9.97. The number of piperidine rings is 1. The number of carbonyl (C=O) groups excluding carboxylic acids is 2. The van der Waals surface area contributed by atoms with E-state index in [0.29, 0.717) is 18.9 Å². The summed E-state index contributed by atoms with van der Waals surface area (Å²) in [5.41, 5.74) is 1.07. The van der Waals surface area contributed by atoms with Gasteiger partial charge in [0.2, 0.25) is 11.8 Å². The molecular weight excluding hydrogens is 296 g/mol. The third-order valence-corrected chi connectivity index (χ3v) is 4.56. The third kappa shape index (κ3) is 5.30. The van der Waals surface area contributed by atoms with Gasteiger partial charge >= 0.3 is 0 Å². The van der Waals surface area contributed by atoms with E-state index in [0.717, 1.165) is 37.9 Å². The molecule has 4 nitrogen and oxygen atoms in total. The summed E-state index contributed by atoms with van der Waals surface area (Å²) in [5.74, 6) is 0.548. The number of nitrogens with one attached hydrogen (secondary N) is 1. The van der Waals surface area contributed by atoms with Gasteiger partial charge in [-0.1, -0.05) is 6.92 Å². The van der Waals surface area contributed by atoms with Crippen LogP contribution in [-0.2, 0) is 9.59 Å². The van der Waals surface area contributed by atoms with E-state index in [-0.39, 0.29) is 11.8 Å². The highest BCUT2D eigenvalue weighted by atomic mass is 32.1. The number of likely N-dealkylation sites (tertiary alicyclic amines) is 1. The van der Waals surface area contributed by atoms with Crippen LogP contribution in [0.4, 0.5) is 0 Å². The molecule has 1 aromatic rings. The molecule has 5 heteroatoms. The summed E-state index contributed by atoms with van der Waals surface area (Å²) < 4.78 is 0. The van der Waals surface area contributed by atoms with Crippen LogP contribution >= 0.6 is 11.3 Å². The van der Waals surface area contributed by atoms with Crippen LogP contribution in [0.15, 0.2) is 22.9 Å². The first-order valence-electron chi connectivity index (χ1n) is 7.95. The third-order valence-electron chi connectivity index (χ3n) is 3.86. The predicted molar refractivity (Wildman–Crippen MR) is 90.6 cm³/mol. The van der Waals surface area contributed by atoms with Gasteiger partial charge in [-0.2, -0.15) is 11.3 Å². The van der Waals surface area contributed by atoms with Crippen molar-refractivity contribution in [1.29, 1.82) is 0 Å². The molecule has 1 aliphatic rings. The van der Waals surface area contributed by atoms with Crippen molar-refractivity contribution in [3.8, 4) is 0 Å². The second kappa shape index (κ2) is 8.73. The normalized spacial score (nSPS) is 18.6. The molecule has 1 fully saturated rings. The van der Waals surface area contributed by atoms with Gasteiger partial charge in [0.1, 0.15) is 0 Å². The highest BCUT2D eigenvalue weighted by Crippen LogP contribution is 2.17. The molecular formula is C17H24N2O2S. The quantitative estimate of drug-likeness (QED) is 0.819. The van der Waals surface area contributed by atoms with Gasteiger partial charge in [0.05, 0.1) is 0 Å². The molecule has 2 rings (SSSR count). The minimum absolute atomic E-state index is 0.0655. The van der Waals surface area contributed by atoms with Crippen LogP contribution in [-0.4, -0.2) is 36.3 Å². The molecule has 1 aromatic heterocycles. The van der Waals surface area contributed by atoms with E-state index in [1.807, 2.05) is 34.7 Å². The minimum Gasteiger partial charge on any atom is -0.356 e. The number of carbonyl (C=O) groups is 2. The summed E-state index contributed by atoms with van der Waals surface area (Å²) in [6.07, 6.45) is 7.05. The molecule has 120 valence electrons. The van der Waals surface area contributed by atoms with Crippen LogP contribution in [0, 0.1) is 5.92 Å². The lowest BCUT2D eigenvalue weighted by molar-refractivity contribution is -0.127. The minimum atomic E-state index is 0.0655. The molecule has 0 bridgehead atoms. The Kier molecular flexibility index (Phi) is 6.65. The fourth-order valence-electron chi connectivity index (χ4n) is 2.65. The van der Waals surface area contributed by atoms with Crippen LogP contribution in [0.25, 0.3) is 6.08 Å². The lowest BCUT2D eigenvalue weighted by Crippen LogP contribution is -2.43. The molecule has 1 aliphatic heterocycles. The summed E-state index contributed by atoms with van der Waals surface area (Å²) in [7, 11) is 0. The summed E-state index contributed by atoms with van der Waals surface area (Å²) in [6, 6.07) is 2.00. The van der Waals surface area contributed by atoms with Crippen molar-refractivity contribution in [2.75, 3.05) is 19.6 Å². The van der Waals surface area contributed by atoms with Crippen LogP contribution in [0.3, 0.4) is 0 Å². The Morgan fingerprint density at radius 1 is 1.50 bits per heavy atom. The molecule has 2 heterocycles. The molecule has 0 spiro atoms. The number of rotatable bonds is 6. The molecule has 0 aliphatic carbocycles. The van der Waals surface area contributed by atoms with E-state index in [2.05, 4.69) is 5.32 Å². The van der Waals surface area contributed by atoms with Crippen molar-refractivity contribution in [1.82, 2.24) is 10.2 Å². The van der Waals surface area contributed by atoms with Gasteiger partial charge in [-0.3, -0.25) is 9.59 Å². The van der Waals surface area contributed by atoms with Crippen molar-refractivity contribution < 1.29 is 9.59 Å². The molecule has 0 saturated carbocycles. The maximum Gasteiger partial charge on any atom is 0.246 e. The number of hydrogen-bond donors (Lipinski definition) is 1. The van der Waals surface area contributed by atoms with Crippen LogP contribution < -0.4 is 5.32 Å². The first kappa shape index (κ1) is 16.7. The molecule has 2 amide bonds. The first-order valence-corrected chi connectivity index (χ1v) is 8.89. The number of nitrogens with zero attached hydrogens (tertiary/aromatic N) is 1. The Morgan fingerprint density at radius 3 is 3.09 bits per heavy atom. The van der Waals surface area contributed by atoms with E-state index in [4.69, 9.17) is 0 Å². The van der Waals surface area contributed by atoms with Crippen molar-refractivity contribution in [3.05, 3.63) is 28.5 Å². The number of thiophene rings is 1. The predicted octanol–water partition coefficient (Wildman–Crippen LogP) is 2.92. The lowest BCUT2D eigenvalue weighted by Gasteiger charge is -2.32. The van der Waals surface area contributed by atoms with Gasteiger partial charge in [-0.05, 0) is 53.6 Å². The van der Waals surface area contributed by atoms with Crippen LogP contribution in [0.2, 0.25) is 0 Å². The summed E-state index contributed by atoms with van der Waals surface area (Å²) >= 11 is 1.62. The maximum absolute atomic E-state index is 12.2. The van der Waals surface area contributed by atoms with Crippen molar-refractivity contribution in [2.45, 2.75) is 32.6 Å². The zero-order chi connectivity index (χ0) is 15.8. The van der Waals surface area contributed by atoms with Gasteiger partial charge < -0.3 is 10.2 Å². The monoisotopic (exact) mass is 320 g/mol. The average molecular weight is 320 g/mol. The van der Waals surface area contributed by atoms with Gasteiger partial charge in [0.25, 0.3) is 0 Å². The topological polar surface area (TPSA) is 49.4 Å². The largest absolute Gasteiger partial charge is 0.356 e. The molecule has 22 heavy (non-hydrogen) atoms. The maximum atomic E-state index is 12.2. The first-order chi connectivity index (χ1) is 10.7. The van der Waals surface area contributed by atoms with E-state index < -0.39 is 0 Å². The Bertz CT molecular complexity index is 511. The fourth-order valence-corrected chi connectivity index (χ4v) is 3.28. The molecule has 1 N–H and O–H groups in total. The zero-order valence-corrected chi connectivity index (χ0v) is 13.9. The second-order valence-electron chi connectivity index (χ2n) is 5.74. The molecule has 0 unspecified atom stereocenters. The van der Waals surface area contributed by atoms with Gasteiger partial charge in [0.15, 0.2) is 0 Å². The van der Waals surface area contributed by atoms with E-state index in [1.54, 1.807) is 17.4 Å². The summed E-state index contributed by atoms with van der Waals surface area (Å²) in [6.45, 7) is 4.22. The summed E-state index contributed by atoms with van der Waals surface area (Å²) in [5, 5.41) is 6.99. The van der Waals surface area contributed by atoms with Crippen LogP contribution in [0.1, 0.15) is 38.2 Å². The molecule has 0 aromatic carbocycles. The SMILES string of the molecule is CCCC(=O)NC[C@H]1CCCN(C(=O)/C=C\c2ccsc2)C1. The molecule has 1 saturated heterocycles. The van der Waals surface area contributed by atoms with Crippen LogP contribution in [0.5, 0.6) is 0 Å². The Balaban J connectivity index is 1.79. The number of amides is 2. The fraction of sp³-hybridized carbons (Fsp3) is 0.529. The smallest absolute Gasteiger partial charge is 0.246 e. The van der Waals surface area contributed by atoms with E-state index in [9.17, 15) is 9.59 Å². The van der Waals surface area contributed by atoms with Gasteiger partial charge in [0, 0.05) is 32.1 Å². The van der Waals surface area contributed by atoms with Crippen molar-refractivity contribution in [3.63, 3.8) is 0 Å². The zero-order valence-electron chi connectivity index (χ0n) is 13.1.